The number of hydrogen-bond acceptors (Lipinski definition) is 7. The molecule has 0 unspecified atom stereocenters. The molecule has 34 heavy (non-hydrogen) atoms. The van der Waals surface area contributed by atoms with Crippen LogP contribution in [0, 0.1) is 13.8 Å². The van der Waals surface area contributed by atoms with Gasteiger partial charge in [-0.3, -0.25) is 9.69 Å². The highest BCUT2D eigenvalue weighted by Crippen LogP contribution is 2.38. The topological polar surface area (TPSA) is 72.9 Å². The maximum Gasteiger partial charge on any atom is 0.339 e. The molecule has 0 N–H and O–H groups in total. The highest BCUT2D eigenvalue weighted by Gasteiger charge is 2.34. The van der Waals surface area contributed by atoms with E-state index >= 15 is 0 Å². The van der Waals surface area contributed by atoms with Gasteiger partial charge in [0, 0.05) is 0 Å². The van der Waals surface area contributed by atoms with Gasteiger partial charge in [-0.05, 0) is 61.4 Å². The van der Waals surface area contributed by atoms with E-state index in [0.717, 1.165) is 16.8 Å². The molecule has 9 heteroatoms. The average molecular weight is 512 g/mol. The lowest BCUT2D eigenvalue weighted by atomic mass is 10.1. The van der Waals surface area contributed by atoms with Gasteiger partial charge >= 0.3 is 10.1 Å². The maximum atomic E-state index is 13.1. The van der Waals surface area contributed by atoms with Gasteiger partial charge in [-0.25, -0.2) is 0 Å². The first-order valence-corrected chi connectivity index (χ1v) is 12.9. The number of thiocarbonyl (C=S) groups is 1. The number of carbonyl (C=O) groups is 1. The SMILES string of the molecule is COc1cc(/C=C2/SC(=S)N(c3ccc(C)cc3C)C2=O)ccc1OS(=O)(=O)c1ccccc1. The number of thioether (sulfide) groups is 1. The number of rotatable bonds is 6. The summed E-state index contributed by atoms with van der Waals surface area (Å²) in [4.78, 5) is 15.2. The fourth-order valence-corrected chi connectivity index (χ4v) is 5.72. The summed E-state index contributed by atoms with van der Waals surface area (Å²) >= 11 is 6.69. The molecule has 1 aliphatic heterocycles. The normalized spacial score (nSPS) is 15.1. The molecule has 6 nitrogen and oxygen atoms in total. The Morgan fingerprint density at radius 3 is 2.38 bits per heavy atom. The zero-order valence-electron chi connectivity index (χ0n) is 18.6. The van der Waals surface area contributed by atoms with E-state index < -0.39 is 10.1 Å². The van der Waals surface area contributed by atoms with Crippen molar-refractivity contribution in [3.05, 3.63) is 88.3 Å². The van der Waals surface area contributed by atoms with Crippen LogP contribution in [0.15, 0.2) is 76.5 Å². The van der Waals surface area contributed by atoms with Crippen LogP contribution in [0.4, 0.5) is 5.69 Å². The van der Waals surface area contributed by atoms with Crippen LogP contribution >= 0.6 is 24.0 Å². The zero-order chi connectivity index (χ0) is 24.5. The number of nitrogens with zero attached hydrogens (tertiary/aromatic N) is 1. The van der Waals surface area contributed by atoms with Crippen molar-refractivity contribution in [2.24, 2.45) is 0 Å². The Kier molecular flexibility index (Phi) is 6.79. The number of ether oxygens (including phenoxy) is 1. The molecule has 1 saturated heterocycles. The van der Waals surface area contributed by atoms with Crippen molar-refractivity contribution < 1.29 is 22.1 Å². The third-order valence-electron chi connectivity index (χ3n) is 5.10. The number of anilines is 1. The fourth-order valence-electron chi connectivity index (χ4n) is 3.48. The molecular weight excluding hydrogens is 490 g/mol. The molecule has 4 rings (SSSR count). The summed E-state index contributed by atoms with van der Waals surface area (Å²) in [6.45, 7) is 3.94. The molecule has 0 atom stereocenters. The second kappa shape index (κ2) is 9.61. The van der Waals surface area contributed by atoms with E-state index in [1.165, 1.54) is 42.0 Å². The number of methoxy groups -OCH3 is 1. The van der Waals surface area contributed by atoms with Gasteiger partial charge in [0.1, 0.15) is 4.90 Å². The highest BCUT2D eigenvalue weighted by molar-refractivity contribution is 8.27. The molecule has 0 spiro atoms. The molecule has 0 radical (unpaired) electrons. The predicted octanol–water partition coefficient (Wildman–Crippen LogP) is 5.49. The highest BCUT2D eigenvalue weighted by atomic mass is 32.2. The van der Waals surface area contributed by atoms with Gasteiger partial charge in [0.2, 0.25) is 0 Å². The molecule has 0 saturated carbocycles. The molecule has 1 heterocycles. The van der Waals surface area contributed by atoms with E-state index in [9.17, 15) is 13.2 Å². The van der Waals surface area contributed by atoms with Crippen LogP contribution < -0.4 is 13.8 Å². The molecule has 0 aromatic heterocycles. The largest absolute Gasteiger partial charge is 0.493 e. The van der Waals surface area contributed by atoms with Crippen molar-refractivity contribution in [1.82, 2.24) is 0 Å². The van der Waals surface area contributed by atoms with Crippen LogP contribution in [0.2, 0.25) is 0 Å². The van der Waals surface area contributed by atoms with Gasteiger partial charge in [-0.2, -0.15) is 8.42 Å². The van der Waals surface area contributed by atoms with Crippen LogP contribution in [0.5, 0.6) is 11.5 Å². The fraction of sp³-hybridized carbons (Fsp3) is 0.120. The van der Waals surface area contributed by atoms with Gasteiger partial charge in [0.15, 0.2) is 15.8 Å². The van der Waals surface area contributed by atoms with Crippen molar-refractivity contribution in [2.75, 3.05) is 12.0 Å². The van der Waals surface area contributed by atoms with Gasteiger partial charge in [0.05, 0.1) is 17.7 Å². The Bertz CT molecular complexity index is 1420. The Labute approximate surface area is 208 Å². The Hall–Kier alpha value is -3.14. The molecule has 3 aromatic carbocycles. The van der Waals surface area contributed by atoms with Crippen LogP contribution in [-0.2, 0) is 14.9 Å². The van der Waals surface area contributed by atoms with E-state index in [2.05, 4.69) is 0 Å². The zero-order valence-corrected chi connectivity index (χ0v) is 21.1. The standard InChI is InChI=1S/C25H21NO5S3/c1-16-9-11-20(17(2)13-16)26-24(27)23(33-25(26)32)15-18-10-12-21(22(14-18)30-3)31-34(28,29)19-7-5-4-6-8-19/h4-15H,1-3H3/b23-15+. The molecule has 0 aliphatic carbocycles. The Morgan fingerprint density at radius 2 is 1.71 bits per heavy atom. The Morgan fingerprint density at radius 1 is 0.971 bits per heavy atom. The van der Waals surface area contributed by atoms with Crippen LogP contribution in [0.1, 0.15) is 16.7 Å². The smallest absolute Gasteiger partial charge is 0.339 e. The lowest BCUT2D eigenvalue weighted by Gasteiger charge is -2.17. The lowest BCUT2D eigenvalue weighted by Crippen LogP contribution is -2.28. The van der Waals surface area contributed by atoms with Crippen molar-refractivity contribution >= 4 is 56.1 Å². The maximum absolute atomic E-state index is 13.1. The molecule has 0 bridgehead atoms. The first-order chi connectivity index (χ1) is 16.2. The summed E-state index contributed by atoms with van der Waals surface area (Å²) in [7, 11) is -2.60. The number of aryl methyl sites for hydroxylation is 2. The quantitative estimate of drug-likeness (QED) is 0.246. The van der Waals surface area contributed by atoms with E-state index in [-0.39, 0.29) is 22.3 Å². The summed E-state index contributed by atoms with van der Waals surface area (Å²) in [6, 6.07) is 18.5. The van der Waals surface area contributed by atoms with Crippen LogP contribution in [0.3, 0.4) is 0 Å². The first kappa shape index (κ1) is 24.0. The molecule has 1 amide bonds. The number of carbonyl (C=O) groups excluding carboxylic acids is 1. The van der Waals surface area contributed by atoms with Gasteiger partial charge in [-0.15, -0.1) is 0 Å². The number of amides is 1. The van der Waals surface area contributed by atoms with Crippen molar-refractivity contribution in [1.29, 1.82) is 0 Å². The second-order valence-electron chi connectivity index (χ2n) is 7.57. The summed E-state index contributed by atoms with van der Waals surface area (Å²) in [6.07, 6.45) is 1.70. The average Bonchev–Trinajstić information content (AvgIpc) is 3.08. The van der Waals surface area contributed by atoms with Crippen molar-refractivity contribution in [3.8, 4) is 11.5 Å². The van der Waals surface area contributed by atoms with E-state index in [1.54, 1.807) is 36.4 Å². The summed E-state index contributed by atoms with van der Waals surface area (Å²) in [5, 5.41) is 0. The third kappa shape index (κ3) is 4.86. The van der Waals surface area contributed by atoms with Crippen LogP contribution in [0.25, 0.3) is 6.08 Å². The van der Waals surface area contributed by atoms with Crippen LogP contribution in [-0.4, -0.2) is 25.8 Å². The minimum atomic E-state index is -4.02. The minimum absolute atomic E-state index is 0.0382. The Balaban J connectivity index is 1.61. The molecule has 1 fully saturated rings. The predicted molar refractivity (Wildman–Crippen MR) is 139 cm³/mol. The second-order valence-corrected chi connectivity index (χ2v) is 10.8. The third-order valence-corrected chi connectivity index (χ3v) is 7.65. The summed E-state index contributed by atoms with van der Waals surface area (Å²) < 4.78 is 36.2. The van der Waals surface area contributed by atoms with Gasteiger partial charge in [0.25, 0.3) is 5.91 Å². The van der Waals surface area contributed by atoms with Gasteiger partial charge in [-0.1, -0.05) is 65.9 Å². The lowest BCUT2D eigenvalue weighted by molar-refractivity contribution is -0.113. The van der Waals surface area contributed by atoms with Gasteiger partial charge < -0.3 is 8.92 Å². The number of benzene rings is 3. The van der Waals surface area contributed by atoms with Crippen molar-refractivity contribution in [3.63, 3.8) is 0 Å². The van der Waals surface area contributed by atoms with E-state index in [0.29, 0.717) is 14.8 Å². The monoisotopic (exact) mass is 511 g/mol. The molecular formula is C25H21NO5S3. The minimum Gasteiger partial charge on any atom is -0.493 e. The molecule has 3 aromatic rings. The van der Waals surface area contributed by atoms with E-state index in [1.807, 2.05) is 32.0 Å². The van der Waals surface area contributed by atoms with Crippen molar-refractivity contribution in [2.45, 2.75) is 18.7 Å². The molecule has 1 aliphatic rings. The number of hydrogen-bond donors (Lipinski definition) is 0. The summed E-state index contributed by atoms with van der Waals surface area (Å²) in [5.41, 5.74) is 3.46. The first-order valence-electron chi connectivity index (χ1n) is 10.2. The van der Waals surface area contributed by atoms with E-state index in [4.69, 9.17) is 21.1 Å². The molecule has 174 valence electrons. The summed E-state index contributed by atoms with van der Waals surface area (Å²) in [5.74, 6) is 0.0531.